The van der Waals surface area contributed by atoms with Gasteiger partial charge in [0.1, 0.15) is 25.4 Å². The lowest BCUT2D eigenvalue weighted by Gasteiger charge is -2.35. The molecule has 13 nitrogen and oxygen atoms in total. The number of allylic oxidation sites excluding steroid dienone is 1. The fraction of sp³-hybridized carbons (Fsp3) is 0.586. The van der Waals surface area contributed by atoms with Crippen LogP contribution in [0.4, 0.5) is 4.39 Å². The lowest BCUT2D eigenvalue weighted by atomic mass is 9.84. The number of piperazine rings is 1. The van der Waals surface area contributed by atoms with Crippen LogP contribution in [-0.4, -0.2) is 93.7 Å². The van der Waals surface area contributed by atoms with Crippen molar-refractivity contribution in [3.05, 3.63) is 56.7 Å². The van der Waals surface area contributed by atoms with Gasteiger partial charge in [-0.25, -0.2) is 9.59 Å². The fourth-order valence-corrected chi connectivity index (χ4v) is 5.91. The Morgan fingerprint density at radius 2 is 1.81 bits per heavy atom. The average Bonchev–Trinajstić information content (AvgIpc) is 3.57. The van der Waals surface area contributed by atoms with Crippen molar-refractivity contribution in [1.29, 1.82) is 0 Å². The third kappa shape index (κ3) is 6.79. The third-order valence-electron chi connectivity index (χ3n) is 8.66. The minimum absolute atomic E-state index is 0.0437. The quantitative estimate of drug-likeness (QED) is 0.202. The Morgan fingerprint density at radius 1 is 1.12 bits per heavy atom. The molecule has 3 saturated heterocycles. The van der Waals surface area contributed by atoms with E-state index in [1.807, 2.05) is 13.0 Å². The summed E-state index contributed by atoms with van der Waals surface area (Å²) in [5.41, 5.74) is -1.03. The SMILES string of the molecule is C=C1C(=O)O[C@H]2[C@H]1CC/C(COC(=O)CCC(=O)N1CCN(C(=O)Cn3cc(F)c(=O)[nH]c3=O)CC1)=C\CC[C@@]1(C)O[C@@H]21. The summed E-state index contributed by atoms with van der Waals surface area (Å²) in [5.74, 6) is -2.91. The van der Waals surface area contributed by atoms with Crippen LogP contribution in [0.1, 0.15) is 45.4 Å². The van der Waals surface area contributed by atoms with Gasteiger partial charge in [-0.1, -0.05) is 12.7 Å². The minimum Gasteiger partial charge on any atom is -0.461 e. The number of aromatic amines is 1. The normalized spacial score (nSPS) is 28.2. The van der Waals surface area contributed by atoms with Gasteiger partial charge in [-0.3, -0.25) is 28.7 Å². The highest BCUT2D eigenvalue weighted by molar-refractivity contribution is 5.91. The molecule has 2 amide bonds. The van der Waals surface area contributed by atoms with Crippen molar-refractivity contribution in [2.45, 2.75) is 69.8 Å². The van der Waals surface area contributed by atoms with E-state index in [0.717, 1.165) is 23.0 Å². The first kappa shape index (κ1) is 30.4. The maximum Gasteiger partial charge on any atom is 0.334 e. The highest BCUT2D eigenvalue weighted by Crippen LogP contribution is 2.49. The van der Waals surface area contributed by atoms with Crippen molar-refractivity contribution < 1.29 is 37.8 Å². The molecule has 4 aliphatic rings. The van der Waals surface area contributed by atoms with Crippen LogP contribution in [-0.2, 0) is 39.9 Å². The first-order chi connectivity index (χ1) is 20.4. The summed E-state index contributed by atoms with van der Waals surface area (Å²) in [7, 11) is 0. The fourth-order valence-electron chi connectivity index (χ4n) is 5.91. The van der Waals surface area contributed by atoms with Crippen molar-refractivity contribution in [2.75, 3.05) is 32.8 Å². The van der Waals surface area contributed by atoms with Crippen molar-refractivity contribution >= 4 is 23.8 Å². The number of carbonyl (C=O) groups excluding carboxylic acids is 4. The zero-order valence-corrected chi connectivity index (χ0v) is 24.0. The van der Waals surface area contributed by atoms with E-state index in [1.54, 1.807) is 9.88 Å². The molecule has 1 aromatic heterocycles. The molecule has 1 aliphatic carbocycles. The molecule has 0 unspecified atom stereocenters. The highest BCUT2D eigenvalue weighted by Gasteiger charge is 2.61. The number of nitrogens with one attached hydrogen (secondary N) is 1. The molecule has 14 heteroatoms. The van der Waals surface area contributed by atoms with Gasteiger partial charge in [-0.15, -0.1) is 0 Å². The van der Waals surface area contributed by atoms with Gasteiger partial charge in [0.15, 0.2) is 0 Å². The molecule has 0 spiro atoms. The number of rotatable bonds is 7. The Balaban J connectivity index is 1.04. The molecule has 0 aromatic carbocycles. The maximum absolute atomic E-state index is 13.5. The van der Waals surface area contributed by atoms with Gasteiger partial charge >= 0.3 is 17.6 Å². The van der Waals surface area contributed by atoms with Gasteiger partial charge in [0.2, 0.25) is 17.6 Å². The number of amides is 2. The summed E-state index contributed by atoms with van der Waals surface area (Å²) >= 11 is 0. The van der Waals surface area contributed by atoms with Gasteiger partial charge in [0.05, 0.1) is 18.2 Å². The predicted octanol–water partition coefficient (Wildman–Crippen LogP) is 0.426. The van der Waals surface area contributed by atoms with E-state index in [0.29, 0.717) is 24.6 Å². The minimum atomic E-state index is -1.17. The summed E-state index contributed by atoms with van der Waals surface area (Å²) in [6, 6.07) is 0. The van der Waals surface area contributed by atoms with E-state index in [4.69, 9.17) is 14.2 Å². The van der Waals surface area contributed by atoms with Crippen molar-refractivity contribution in [1.82, 2.24) is 19.4 Å². The topological polar surface area (TPSA) is 161 Å². The molecule has 1 N–H and O–H groups in total. The lowest BCUT2D eigenvalue weighted by Crippen LogP contribution is -2.51. The number of H-pyrrole nitrogens is 1. The lowest BCUT2D eigenvalue weighted by molar-refractivity contribution is -0.146. The monoisotopic (exact) mass is 602 g/mol. The second kappa shape index (κ2) is 12.3. The summed E-state index contributed by atoms with van der Waals surface area (Å²) in [4.78, 5) is 77.7. The van der Waals surface area contributed by atoms with Gasteiger partial charge in [-0.2, -0.15) is 4.39 Å². The van der Waals surface area contributed by atoms with E-state index in [9.17, 15) is 33.2 Å². The smallest absolute Gasteiger partial charge is 0.334 e. The van der Waals surface area contributed by atoms with Crippen LogP contribution >= 0.6 is 0 Å². The zero-order chi connectivity index (χ0) is 30.9. The number of nitrogens with zero attached hydrogens (tertiary/aromatic N) is 3. The number of aromatic nitrogens is 2. The second-order valence-electron chi connectivity index (χ2n) is 11.6. The van der Waals surface area contributed by atoms with E-state index >= 15 is 0 Å². The Labute approximate surface area is 246 Å². The number of esters is 2. The first-order valence-corrected chi connectivity index (χ1v) is 14.4. The molecule has 1 aromatic rings. The standard InChI is InChI=1S/C29H35FN4O9/c1-17-19-6-5-18(4-3-9-29(2)25(43-29)24(19)42-27(17)39)16-41-23(37)8-7-21(35)32-10-12-33(13-11-32)22(36)15-34-14-20(30)26(38)31-28(34)40/h4,14,19,24-25H,1,3,5-13,15-16H2,2H3,(H,31,38,40)/b18-4+/t19-,24-,25-,29+/m0/s1. The zero-order valence-electron chi connectivity index (χ0n) is 24.0. The van der Waals surface area contributed by atoms with E-state index in [2.05, 4.69) is 6.58 Å². The number of hydrogen-bond acceptors (Lipinski definition) is 9. The molecule has 232 valence electrons. The summed E-state index contributed by atoms with van der Waals surface area (Å²) in [6.45, 7) is 6.46. The number of halogens is 1. The van der Waals surface area contributed by atoms with Crippen LogP contribution in [0.25, 0.3) is 0 Å². The van der Waals surface area contributed by atoms with Crippen LogP contribution < -0.4 is 11.2 Å². The summed E-state index contributed by atoms with van der Waals surface area (Å²) < 4.78 is 31.2. The Kier molecular flexibility index (Phi) is 8.67. The average molecular weight is 603 g/mol. The molecular weight excluding hydrogens is 567 g/mol. The second-order valence-corrected chi connectivity index (χ2v) is 11.6. The molecule has 5 rings (SSSR count). The van der Waals surface area contributed by atoms with Crippen LogP contribution in [0.5, 0.6) is 0 Å². The maximum atomic E-state index is 13.5. The number of ether oxygens (including phenoxy) is 3. The summed E-state index contributed by atoms with van der Waals surface area (Å²) in [5, 5.41) is 0. The molecule has 4 heterocycles. The molecule has 0 radical (unpaired) electrons. The van der Waals surface area contributed by atoms with E-state index in [1.165, 1.54) is 4.90 Å². The van der Waals surface area contributed by atoms with Gasteiger partial charge < -0.3 is 24.0 Å². The van der Waals surface area contributed by atoms with Gasteiger partial charge in [0, 0.05) is 44.1 Å². The van der Waals surface area contributed by atoms with Crippen molar-refractivity contribution in [3.63, 3.8) is 0 Å². The Bertz CT molecular complexity index is 1470. The highest BCUT2D eigenvalue weighted by atomic mass is 19.1. The van der Waals surface area contributed by atoms with Crippen molar-refractivity contribution in [2.24, 2.45) is 5.92 Å². The largest absolute Gasteiger partial charge is 0.461 e. The van der Waals surface area contributed by atoms with Crippen LogP contribution in [0, 0.1) is 11.7 Å². The molecule has 43 heavy (non-hydrogen) atoms. The number of carbonyl (C=O) groups is 4. The van der Waals surface area contributed by atoms with E-state index < -0.39 is 35.5 Å². The first-order valence-electron chi connectivity index (χ1n) is 14.4. The summed E-state index contributed by atoms with van der Waals surface area (Å²) in [6.07, 6.45) is 4.84. The molecule has 4 atom stereocenters. The molecule has 3 aliphatic heterocycles. The van der Waals surface area contributed by atoms with Crippen LogP contribution in [0.2, 0.25) is 0 Å². The van der Waals surface area contributed by atoms with E-state index in [-0.39, 0.29) is 81.2 Å². The molecule has 3 fully saturated rings. The number of epoxide rings is 1. The molecular formula is C29H35FN4O9. The van der Waals surface area contributed by atoms with Gasteiger partial charge in [0.25, 0.3) is 5.56 Å². The van der Waals surface area contributed by atoms with Crippen LogP contribution in [0.3, 0.4) is 0 Å². The van der Waals surface area contributed by atoms with Gasteiger partial charge in [-0.05, 0) is 38.2 Å². The third-order valence-corrected chi connectivity index (χ3v) is 8.66. The number of hydrogen-bond donors (Lipinski definition) is 1. The van der Waals surface area contributed by atoms with Crippen molar-refractivity contribution in [3.8, 4) is 0 Å². The molecule has 0 saturated carbocycles. The Hall–Kier alpha value is -4.07. The van der Waals surface area contributed by atoms with Crippen LogP contribution in [0.15, 0.2) is 39.6 Å². The molecule has 0 bridgehead atoms. The number of fused-ring (bicyclic) bond motifs is 3. The Morgan fingerprint density at radius 3 is 2.53 bits per heavy atom. The predicted molar refractivity (Wildman–Crippen MR) is 147 cm³/mol.